The minimum absolute atomic E-state index is 0.0677. The number of esters is 1. The average Bonchev–Trinajstić information content (AvgIpc) is 3.10. The highest BCUT2D eigenvalue weighted by Gasteiger charge is 2.72. The van der Waals surface area contributed by atoms with E-state index in [0.717, 1.165) is 3.58 Å². The molecule has 2 aliphatic heterocycles. The SMILES string of the molecule is COC(=O)[C@]12C=CC(C3OC(C)(C)O[C@H]31)C1C2C=C(I)[C@H]2OC(C)(C)O[C@@H]12. The predicted molar refractivity (Wildman–Crippen MR) is 104 cm³/mol. The Bertz CT molecular complexity index is 758. The molecule has 2 bridgehead atoms. The minimum atomic E-state index is -0.913. The number of allylic oxidation sites excluding steroid dienone is 1. The fraction of sp³-hybridized carbons (Fsp3) is 0.750. The minimum Gasteiger partial charge on any atom is -0.468 e. The van der Waals surface area contributed by atoms with Crippen LogP contribution in [0.25, 0.3) is 0 Å². The number of hydrogen-bond acceptors (Lipinski definition) is 6. The number of rotatable bonds is 1. The molecule has 8 atom stereocenters. The second kappa shape index (κ2) is 5.56. The van der Waals surface area contributed by atoms with E-state index in [9.17, 15) is 4.79 Å². The summed E-state index contributed by atoms with van der Waals surface area (Å²) >= 11 is 2.32. The van der Waals surface area contributed by atoms with Gasteiger partial charge in [0.15, 0.2) is 11.6 Å². The maximum absolute atomic E-state index is 13.2. The van der Waals surface area contributed by atoms with Crippen molar-refractivity contribution in [3.8, 4) is 0 Å². The van der Waals surface area contributed by atoms with Gasteiger partial charge >= 0.3 is 5.97 Å². The van der Waals surface area contributed by atoms with E-state index in [0.29, 0.717) is 0 Å². The molecule has 4 aliphatic carbocycles. The molecule has 6 aliphatic rings. The number of ether oxygens (including phenoxy) is 5. The molecule has 6 rings (SSSR count). The summed E-state index contributed by atoms with van der Waals surface area (Å²) in [5.41, 5.74) is -0.913. The summed E-state index contributed by atoms with van der Waals surface area (Å²) in [7, 11) is 1.44. The van der Waals surface area contributed by atoms with Crippen LogP contribution in [0.3, 0.4) is 0 Å². The Labute approximate surface area is 172 Å². The standard InChI is InChI=1S/C20H25IO6/c1-18(2)25-14-11(21)8-10-12(15(14)26-18)9-6-7-20(10,17(22)23-5)16-13(9)24-19(3,4)27-16/h6-10,12-16H,1-5H3/t9?,10?,12?,13?,14-,15+,16-,20+/m1/s1. The second-order valence-corrected chi connectivity index (χ2v) is 10.3. The third-order valence-corrected chi connectivity index (χ3v) is 7.62. The van der Waals surface area contributed by atoms with Crippen molar-refractivity contribution in [1.82, 2.24) is 0 Å². The van der Waals surface area contributed by atoms with Crippen LogP contribution in [0.4, 0.5) is 0 Å². The van der Waals surface area contributed by atoms with Crippen LogP contribution in [-0.2, 0) is 28.5 Å². The first-order chi connectivity index (χ1) is 12.6. The number of carbonyl (C=O) groups excluding carboxylic acids is 1. The summed E-state index contributed by atoms with van der Waals surface area (Å²) in [5.74, 6) is -1.59. The zero-order valence-corrected chi connectivity index (χ0v) is 18.3. The van der Waals surface area contributed by atoms with Crippen LogP contribution in [0.2, 0.25) is 0 Å². The van der Waals surface area contributed by atoms with E-state index in [1.807, 2.05) is 33.8 Å². The molecule has 6 nitrogen and oxygen atoms in total. The van der Waals surface area contributed by atoms with Crippen LogP contribution >= 0.6 is 22.6 Å². The molecule has 148 valence electrons. The molecule has 27 heavy (non-hydrogen) atoms. The smallest absolute Gasteiger partial charge is 0.319 e. The Morgan fingerprint density at radius 1 is 1.07 bits per heavy atom. The Hall–Kier alpha value is -0.480. The van der Waals surface area contributed by atoms with Crippen molar-refractivity contribution in [2.45, 2.75) is 63.7 Å². The topological polar surface area (TPSA) is 63.2 Å². The van der Waals surface area contributed by atoms with Crippen molar-refractivity contribution in [2.75, 3.05) is 7.11 Å². The summed E-state index contributed by atoms with van der Waals surface area (Å²) in [6.45, 7) is 7.69. The molecule has 7 heteroatoms. The van der Waals surface area contributed by atoms with E-state index in [2.05, 4.69) is 34.7 Å². The van der Waals surface area contributed by atoms with Gasteiger partial charge in [-0.05, 0) is 50.3 Å². The summed E-state index contributed by atoms with van der Waals surface area (Å²) in [5, 5.41) is 0. The summed E-state index contributed by atoms with van der Waals surface area (Å²) in [4.78, 5) is 13.2. The van der Waals surface area contributed by atoms with E-state index in [1.165, 1.54) is 7.11 Å². The molecule has 0 aromatic carbocycles. The van der Waals surface area contributed by atoms with E-state index < -0.39 is 17.0 Å². The van der Waals surface area contributed by atoms with E-state index in [1.54, 1.807) is 0 Å². The lowest BCUT2D eigenvalue weighted by atomic mass is 9.49. The maximum Gasteiger partial charge on any atom is 0.319 e. The van der Waals surface area contributed by atoms with Crippen LogP contribution in [-0.4, -0.2) is 49.1 Å². The van der Waals surface area contributed by atoms with Gasteiger partial charge in [0.2, 0.25) is 0 Å². The van der Waals surface area contributed by atoms with Crippen molar-refractivity contribution < 1.29 is 28.5 Å². The molecule has 2 heterocycles. The van der Waals surface area contributed by atoms with E-state index >= 15 is 0 Å². The van der Waals surface area contributed by atoms with Gasteiger partial charge in [0.1, 0.15) is 17.6 Å². The Balaban J connectivity index is 1.67. The second-order valence-electron chi connectivity index (χ2n) is 9.06. The van der Waals surface area contributed by atoms with E-state index in [4.69, 9.17) is 23.7 Å². The van der Waals surface area contributed by atoms with Gasteiger partial charge in [-0.1, -0.05) is 18.2 Å². The molecule has 1 saturated carbocycles. The van der Waals surface area contributed by atoms with Crippen LogP contribution < -0.4 is 0 Å². The number of hydrogen-bond donors (Lipinski definition) is 0. The van der Waals surface area contributed by atoms with Gasteiger partial charge in [0, 0.05) is 21.3 Å². The van der Waals surface area contributed by atoms with Gasteiger partial charge in [-0.3, -0.25) is 4.79 Å². The van der Waals surface area contributed by atoms with Gasteiger partial charge in [0.05, 0.1) is 19.3 Å². The van der Waals surface area contributed by atoms with Gasteiger partial charge in [-0.2, -0.15) is 0 Å². The molecule has 0 aromatic rings. The average molecular weight is 488 g/mol. The van der Waals surface area contributed by atoms with Crippen LogP contribution in [0, 0.1) is 23.2 Å². The molecular weight excluding hydrogens is 463 g/mol. The normalized spacial score (nSPS) is 50.6. The first-order valence-corrected chi connectivity index (χ1v) is 10.5. The molecule has 0 aromatic heterocycles. The number of fused-ring (bicyclic) bond motifs is 1. The molecule has 3 fully saturated rings. The third-order valence-electron chi connectivity index (χ3n) is 6.64. The zero-order chi connectivity index (χ0) is 19.4. The lowest BCUT2D eigenvalue weighted by molar-refractivity contribution is -0.187. The summed E-state index contributed by atoms with van der Waals surface area (Å²) in [6, 6.07) is 0. The number of carbonyl (C=O) groups is 1. The highest BCUT2D eigenvalue weighted by Crippen LogP contribution is 2.64. The van der Waals surface area contributed by atoms with Gasteiger partial charge in [-0.25, -0.2) is 0 Å². The maximum atomic E-state index is 13.2. The Morgan fingerprint density at radius 2 is 1.74 bits per heavy atom. The fourth-order valence-corrected chi connectivity index (χ4v) is 6.71. The summed E-state index contributed by atoms with van der Waals surface area (Å²) in [6.07, 6.45) is 5.47. The number of halogens is 1. The van der Waals surface area contributed by atoms with Crippen molar-refractivity contribution in [3.63, 3.8) is 0 Å². The predicted octanol–water partition coefficient (Wildman–Crippen LogP) is 2.95. The Kier molecular flexibility index (Phi) is 3.82. The highest BCUT2D eigenvalue weighted by molar-refractivity contribution is 14.1. The zero-order valence-electron chi connectivity index (χ0n) is 16.1. The lowest BCUT2D eigenvalue weighted by Gasteiger charge is -2.57. The number of methoxy groups -OCH3 is 1. The van der Waals surface area contributed by atoms with Crippen molar-refractivity contribution >= 4 is 28.6 Å². The van der Waals surface area contributed by atoms with Crippen molar-refractivity contribution in [3.05, 3.63) is 21.8 Å². The fourth-order valence-electron chi connectivity index (χ4n) is 5.84. The van der Waals surface area contributed by atoms with Crippen LogP contribution in [0.15, 0.2) is 21.8 Å². The quantitative estimate of drug-likeness (QED) is 0.322. The molecule has 0 spiro atoms. The lowest BCUT2D eigenvalue weighted by Crippen LogP contribution is -2.66. The molecule has 0 N–H and O–H groups in total. The largest absolute Gasteiger partial charge is 0.468 e. The molecule has 0 amide bonds. The van der Waals surface area contributed by atoms with Crippen molar-refractivity contribution in [1.29, 1.82) is 0 Å². The van der Waals surface area contributed by atoms with Gasteiger partial charge in [0.25, 0.3) is 0 Å². The van der Waals surface area contributed by atoms with Crippen LogP contribution in [0.1, 0.15) is 27.7 Å². The first kappa shape index (κ1) is 18.5. The third kappa shape index (κ3) is 2.35. The highest BCUT2D eigenvalue weighted by atomic mass is 127. The monoisotopic (exact) mass is 488 g/mol. The van der Waals surface area contributed by atoms with Gasteiger partial charge in [-0.15, -0.1) is 0 Å². The van der Waals surface area contributed by atoms with Gasteiger partial charge < -0.3 is 23.7 Å². The molecule has 2 saturated heterocycles. The molecule has 0 radical (unpaired) electrons. The first-order valence-electron chi connectivity index (χ1n) is 9.46. The summed E-state index contributed by atoms with van der Waals surface area (Å²) < 4.78 is 31.5. The molecular formula is C20H25IO6. The van der Waals surface area contributed by atoms with Crippen LogP contribution in [0.5, 0.6) is 0 Å². The Morgan fingerprint density at radius 3 is 2.44 bits per heavy atom. The molecule has 4 unspecified atom stereocenters. The van der Waals surface area contributed by atoms with Crippen molar-refractivity contribution in [2.24, 2.45) is 23.2 Å². The van der Waals surface area contributed by atoms with E-state index in [-0.39, 0.29) is 48.1 Å².